The van der Waals surface area contributed by atoms with Crippen molar-refractivity contribution >= 4 is 56.4 Å². The molecule has 0 aliphatic rings. The third kappa shape index (κ3) is 15.3. The van der Waals surface area contributed by atoms with E-state index >= 15 is 0 Å². The van der Waals surface area contributed by atoms with Crippen LogP contribution in [0.1, 0.15) is 95.0 Å². The van der Waals surface area contributed by atoms with Crippen LogP contribution in [0.5, 0.6) is 11.5 Å². The maximum atomic E-state index is 10.9. The van der Waals surface area contributed by atoms with Gasteiger partial charge in [-0.15, -0.1) is 11.5 Å². The van der Waals surface area contributed by atoms with Crippen molar-refractivity contribution in [1.29, 1.82) is 0 Å². The fourth-order valence-electron chi connectivity index (χ4n) is 7.55. The second-order valence-corrected chi connectivity index (χ2v) is 17.4. The molecule has 0 unspecified atom stereocenters. The number of fused-ring (bicyclic) bond motifs is 1. The molecule has 8 nitrogen and oxygen atoms in total. The van der Waals surface area contributed by atoms with E-state index in [1.165, 1.54) is 56.6 Å². The van der Waals surface area contributed by atoms with E-state index in [1.807, 2.05) is 88.4 Å². The van der Waals surface area contributed by atoms with Crippen LogP contribution in [0.4, 0.5) is 22.7 Å². The van der Waals surface area contributed by atoms with Crippen LogP contribution in [0.15, 0.2) is 166 Å². The molecule has 0 bridgehead atoms. The van der Waals surface area contributed by atoms with Gasteiger partial charge in [0.2, 0.25) is 0 Å². The standard InChI is InChI=1S/2C25H27N3.C10H8O2.2Co/c2*1-16-10-12-22(18(3)14-16)26-20(5)24-8-7-9-25(28-24)21(6)27-23-13-11-17(2)15-19(23)4;11-9-5-7-3-1-2-4-8(7)6-10(9)12;;/h2*7-15H,1-6H3;1-6,11-12H;;/p-2. The van der Waals surface area contributed by atoms with Gasteiger partial charge in [0.25, 0.3) is 0 Å². The summed E-state index contributed by atoms with van der Waals surface area (Å²) in [7, 11) is 0. The van der Waals surface area contributed by atoms with Crippen molar-refractivity contribution in [3.05, 3.63) is 213 Å². The quantitative estimate of drug-likeness (QED) is 0.141. The van der Waals surface area contributed by atoms with Crippen LogP contribution in [0, 0.1) is 55.4 Å². The van der Waals surface area contributed by atoms with E-state index in [0.29, 0.717) is 0 Å². The smallest absolute Gasteiger partial charge is 0.0849 e. The molecule has 0 saturated heterocycles. The summed E-state index contributed by atoms with van der Waals surface area (Å²) in [5, 5.41) is 23.5. The van der Waals surface area contributed by atoms with Crippen molar-refractivity contribution in [3.63, 3.8) is 0 Å². The van der Waals surface area contributed by atoms with Crippen molar-refractivity contribution < 1.29 is 43.8 Å². The van der Waals surface area contributed by atoms with Crippen LogP contribution >= 0.6 is 0 Å². The molecular formula is C60H60Co2N6O2-2. The number of benzene rings is 6. The molecular weight excluding hydrogens is 955 g/mol. The van der Waals surface area contributed by atoms with Crippen molar-refractivity contribution in [3.8, 4) is 11.5 Å². The minimum Gasteiger partial charge on any atom is -0.873 e. The second kappa shape index (κ2) is 25.7. The maximum absolute atomic E-state index is 10.9. The molecule has 10 heteroatoms. The average Bonchev–Trinajstić information content (AvgIpc) is 3.31. The van der Waals surface area contributed by atoms with Crippen molar-refractivity contribution in [2.45, 2.75) is 83.1 Å². The first-order valence-electron chi connectivity index (χ1n) is 22.8. The molecule has 2 radical (unpaired) electrons. The molecule has 0 fully saturated rings. The predicted octanol–water partition coefficient (Wildman–Crippen LogP) is 14.2. The van der Waals surface area contributed by atoms with Gasteiger partial charge in [0.05, 0.1) is 68.4 Å². The summed E-state index contributed by atoms with van der Waals surface area (Å²) in [6.45, 7) is 24.7. The second-order valence-electron chi connectivity index (χ2n) is 17.4. The first-order chi connectivity index (χ1) is 32.4. The van der Waals surface area contributed by atoms with Gasteiger partial charge in [0, 0.05) is 33.6 Å². The van der Waals surface area contributed by atoms with E-state index in [2.05, 4.69) is 128 Å². The van der Waals surface area contributed by atoms with Crippen molar-refractivity contribution in [2.75, 3.05) is 0 Å². The zero-order valence-electron chi connectivity index (χ0n) is 42.0. The topological polar surface area (TPSA) is 121 Å². The largest absolute Gasteiger partial charge is 0.873 e. The third-order valence-corrected chi connectivity index (χ3v) is 11.4. The van der Waals surface area contributed by atoms with Gasteiger partial charge in [0.1, 0.15) is 0 Å². The number of hydrogen-bond donors (Lipinski definition) is 0. The van der Waals surface area contributed by atoms with Crippen molar-refractivity contribution in [2.24, 2.45) is 20.0 Å². The molecule has 0 spiro atoms. The fraction of sp³-hybridized carbons (Fsp3) is 0.200. The van der Waals surface area contributed by atoms with Crippen LogP contribution in [-0.2, 0) is 33.6 Å². The number of pyridine rings is 2. The number of rotatable bonds is 8. The van der Waals surface area contributed by atoms with E-state index < -0.39 is 11.5 Å². The van der Waals surface area contributed by atoms with Gasteiger partial charge < -0.3 is 10.2 Å². The number of nitrogens with zero attached hydrogens (tertiary/aromatic N) is 6. The van der Waals surface area contributed by atoms with Gasteiger partial charge in [-0.05, 0) is 165 Å². The van der Waals surface area contributed by atoms with Gasteiger partial charge in [-0.3, -0.25) is 20.0 Å². The van der Waals surface area contributed by atoms with Gasteiger partial charge in [-0.2, -0.15) is 0 Å². The molecule has 0 amide bonds. The Morgan fingerprint density at radius 1 is 0.329 bits per heavy atom. The van der Waals surface area contributed by atoms with E-state index in [0.717, 1.165) is 79.1 Å². The molecule has 0 aliphatic heterocycles. The molecule has 2 heterocycles. The summed E-state index contributed by atoms with van der Waals surface area (Å²) in [6.07, 6.45) is 0. The van der Waals surface area contributed by atoms with E-state index in [-0.39, 0.29) is 33.6 Å². The van der Waals surface area contributed by atoms with Crippen LogP contribution < -0.4 is 10.2 Å². The van der Waals surface area contributed by atoms with E-state index in [9.17, 15) is 10.2 Å². The Kier molecular flexibility index (Phi) is 20.5. The Bertz CT molecular complexity index is 2860. The van der Waals surface area contributed by atoms with Crippen molar-refractivity contribution in [1.82, 2.24) is 9.97 Å². The summed E-state index contributed by atoms with van der Waals surface area (Å²) in [5.41, 5.74) is 20.6. The average molecular weight is 1020 g/mol. The summed E-state index contributed by atoms with van der Waals surface area (Å²) in [5.74, 6) is -0.873. The van der Waals surface area contributed by atoms with Crippen LogP contribution in [-0.4, -0.2) is 32.8 Å². The fourth-order valence-corrected chi connectivity index (χ4v) is 7.55. The Morgan fingerprint density at radius 3 is 0.800 bits per heavy atom. The van der Waals surface area contributed by atoms with Crippen LogP contribution in [0.3, 0.4) is 0 Å². The molecule has 362 valence electrons. The first-order valence-corrected chi connectivity index (χ1v) is 22.8. The molecule has 70 heavy (non-hydrogen) atoms. The molecule has 8 aromatic rings. The van der Waals surface area contributed by atoms with E-state index in [4.69, 9.17) is 29.9 Å². The normalized spacial score (nSPS) is 11.7. The van der Waals surface area contributed by atoms with E-state index in [1.54, 1.807) is 0 Å². The summed E-state index contributed by atoms with van der Waals surface area (Å²) >= 11 is 0. The SMILES string of the molecule is CC(=Nc1ccc(C)cc1C)c1cccc(C(C)=Nc2ccc(C)cc2C)n1.CC(=Nc1ccc(C)cc1C)c1cccc(C(C)=Nc2ccc(C)cc2C)n1.[Co].[Co].[O-]c1cc2ccccc2cc1[O-]. The minimum atomic E-state index is -0.436. The maximum Gasteiger partial charge on any atom is 0.0849 e. The Morgan fingerprint density at radius 2 is 0.571 bits per heavy atom. The molecule has 2 aromatic heterocycles. The zero-order valence-corrected chi connectivity index (χ0v) is 44.1. The van der Waals surface area contributed by atoms with Crippen LogP contribution in [0.25, 0.3) is 10.8 Å². The number of aliphatic imine (C=N–C) groups is 4. The molecule has 0 saturated carbocycles. The third-order valence-electron chi connectivity index (χ3n) is 11.4. The summed E-state index contributed by atoms with van der Waals surface area (Å²) in [4.78, 5) is 28.8. The molecule has 0 N–H and O–H groups in total. The van der Waals surface area contributed by atoms with Crippen LogP contribution in [0.2, 0.25) is 0 Å². The van der Waals surface area contributed by atoms with Gasteiger partial charge >= 0.3 is 0 Å². The molecule has 0 aliphatic carbocycles. The Hall–Kier alpha value is -6.83. The molecule has 6 aromatic carbocycles. The zero-order chi connectivity index (χ0) is 49.1. The van der Waals surface area contributed by atoms with Gasteiger partial charge in [-0.25, -0.2) is 9.97 Å². The molecule has 8 rings (SSSR count). The van der Waals surface area contributed by atoms with Gasteiger partial charge in [0.15, 0.2) is 0 Å². The number of aromatic nitrogens is 2. The monoisotopic (exact) mass is 1010 g/mol. The summed E-state index contributed by atoms with van der Waals surface area (Å²) < 4.78 is 0. The first kappa shape index (κ1) is 55.8. The minimum absolute atomic E-state index is 0. The van der Waals surface area contributed by atoms with Gasteiger partial charge in [-0.1, -0.05) is 119 Å². The predicted molar refractivity (Wildman–Crippen MR) is 282 cm³/mol. The number of aryl methyl sites for hydroxylation is 8. The molecule has 0 atom stereocenters. The Labute approximate surface area is 435 Å². The summed E-state index contributed by atoms with van der Waals surface area (Å²) in [6, 6.07) is 47.3. The Balaban J connectivity index is 0.000000241. The number of hydrogen-bond acceptors (Lipinski definition) is 8.